The molecule has 0 radical (unpaired) electrons. The number of thiophene rings is 1. The number of carbonyl (C=O) groups is 1. The van der Waals surface area contributed by atoms with Crippen molar-refractivity contribution < 1.29 is 18.7 Å². The standard InChI is InChI=1S/C13H9NO4S/c1-7-4-5-17-10(7)11-9(13(15)16)14-12(18-11)8-3-2-6-19-8/h2-6H,1H3,(H,15,16). The van der Waals surface area contributed by atoms with E-state index >= 15 is 0 Å². The van der Waals surface area contributed by atoms with E-state index in [4.69, 9.17) is 8.83 Å². The van der Waals surface area contributed by atoms with Crippen molar-refractivity contribution >= 4 is 17.3 Å². The monoisotopic (exact) mass is 275 g/mol. The molecule has 19 heavy (non-hydrogen) atoms. The highest BCUT2D eigenvalue weighted by molar-refractivity contribution is 7.13. The lowest BCUT2D eigenvalue weighted by Crippen LogP contribution is -1.98. The number of hydrogen-bond donors (Lipinski definition) is 1. The zero-order chi connectivity index (χ0) is 13.4. The van der Waals surface area contributed by atoms with Gasteiger partial charge in [-0.1, -0.05) is 6.07 Å². The van der Waals surface area contributed by atoms with Crippen LogP contribution in [-0.2, 0) is 0 Å². The smallest absolute Gasteiger partial charge is 0.358 e. The van der Waals surface area contributed by atoms with Crippen LogP contribution in [0.4, 0.5) is 0 Å². The van der Waals surface area contributed by atoms with E-state index in [1.165, 1.54) is 17.6 Å². The number of aromatic nitrogens is 1. The first-order valence-electron chi connectivity index (χ1n) is 5.49. The Labute approximate surface area is 112 Å². The quantitative estimate of drug-likeness (QED) is 0.789. The van der Waals surface area contributed by atoms with Gasteiger partial charge in [-0.2, -0.15) is 0 Å². The SMILES string of the molecule is Cc1ccoc1-c1oc(-c2cccs2)nc1C(=O)O. The Morgan fingerprint density at radius 2 is 2.21 bits per heavy atom. The number of furan rings is 1. The van der Waals surface area contributed by atoms with E-state index < -0.39 is 5.97 Å². The van der Waals surface area contributed by atoms with Gasteiger partial charge in [0.25, 0.3) is 0 Å². The number of aromatic carboxylic acids is 1. The largest absolute Gasteiger partial charge is 0.476 e. The average Bonchev–Trinajstić information content (AvgIpc) is 3.07. The van der Waals surface area contributed by atoms with Gasteiger partial charge in [-0.3, -0.25) is 0 Å². The third-order valence-electron chi connectivity index (χ3n) is 2.63. The average molecular weight is 275 g/mol. The highest BCUT2D eigenvalue weighted by Crippen LogP contribution is 2.33. The number of oxazole rings is 1. The number of carboxylic acids is 1. The van der Waals surface area contributed by atoms with E-state index in [2.05, 4.69) is 4.98 Å². The lowest BCUT2D eigenvalue weighted by molar-refractivity contribution is 0.0691. The van der Waals surface area contributed by atoms with Crippen molar-refractivity contribution in [3.63, 3.8) is 0 Å². The minimum Gasteiger partial charge on any atom is -0.476 e. The Morgan fingerprint density at radius 1 is 1.37 bits per heavy atom. The molecule has 3 heterocycles. The summed E-state index contributed by atoms with van der Waals surface area (Å²) in [4.78, 5) is 16.1. The maximum absolute atomic E-state index is 11.3. The fourth-order valence-electron chi connectivity index (χ4n) is 1.73. The molecule has 0 amide bonds. The van der Waals surface area contributed by atoms with Crippen LogP contribution in [0.3, 0.4) is 0 Å². The van der Waals surface area contributed by atoms with Gasteiger partial charge in [-0.15, -0.1) is 11.3 Å². The molecule has 0 aromatic carbocycles. The van der Waals surface area contributed by atoms with Gasteiger partial charge in [0.2, 0.25) is 11.7 Å². The molecule has 0 aliphatic rings. The summed E-state index contributed by atoms with van der Waals surface area (Å²) in [5.41, 5.74) is 0.665. The zero-order valence-electron chi connectivity index (χ0n) is 9.91. The van der Waals surface area contributed by atoms with E-state index in [1.807, 2.05) is 24.4 Å². The van der Waals surface area contributed by atoms with Gasteiger partial charge in [-0.25, -0.2) is 9.78 Å². The molecular formula is C13H9NO4S. The molecule has 0 spiro atoms. The first kappa shape index (κ1) is 11.7. The topological polar surface area (TPSA) is 76.5 Å². The second-order valence-electron chi connectivity index (χ2n) is 3.91. The molecule has 96 valence electrons. The highest BCUT2D eigenvalue weighted by atomic mass is 32.1. The van der Waals surface area contributed by atoms with Crippen LogP contribution in [0.5, 0.6) is 0 Å². The fourth-order valence-corrected chi connectivity index (χ4v) is 2.38. The van der Waals surface area contributed by atoms with E-state index in [9.17, 15) is 9.90 Å². The fraction of sp³-hybridized carbons (Fsp3) is 0.0769. The van der Waals surface area contributed by atoms with Crippen LogP contribution < -0.4 is 0 Å². The van der Waals surface area contributed by atoms with Crippen LogP contribution in [0.2, 0.25) is 0 Å². The third-order valence-corrected chi connectivity index (χ3v) is 3.49. The van der Waals surface area contributed by atoms with E-state index in [0.29, 0.717) is 11.7 Å². The molecule has 0 aliphatic heterocycles. The lowest BCUT2D eigenvalue weighted by Gasteiger charge is -1.94. The maximum Gasteiger partial charge on any atom is 0.358 e. The minimum atomic E-state index is -1.14. The molecule has 0 atom stereocenters. The first-order valence-corrected chi connectivity index (χ1v) is 6.37. The van der Waals surface area contributed by atoms with Crippen LogP contribution in [0.1, 0.15) is 16.1 Å². The van der Waals surface area contributed by atoms with Crippen molar-refractivity contribution in [3.05, 3.63) is 41.1 Å². The molecule has 0 bridgehead atoms. The van der Waals surface area contributed by atoms with E-state index in [1.54, 1.807) is 6.07 Å². The van der Waals surface area contributed by atoms with Gasteiger partial charge in [0, 0.05) is 0 Å². The van der Waals surface area contributed by atoms with Crippen molar-refractivity contribution in [3.8, 4) is 22.3 Å². The molecule has 0 unspecified atom stereocenters. The summed E-state index contributed by atoms with van der Waals surface area (Å²) in [5.74, 6) is -0.304. The summed E-state index contributed by atoms with van der Waals surface area (Å²) >= 11 is 1.43. The number of aryl methyl sites for hydroxylation is 1. The van der Waals surface area contributed by atoms with Crippen LogP contribution in [0, 0.1) is 6.92 Å². The Balaban J connectivity index is 2.19. The zero-order valence-corrected chi connectivity index (χ0v) is 10.7. The van der Waals surface area contributed by atoms with Gasteiger partial charge in [0.1, 0.15) is 0 Å². The predicted molar refractivity (Wildman–Crippen MR) is 69.2 cm³/mol. The van der Waals surface area contributed by atoms with Crippen LogP contribution in [0.15, 0.2) is 38.7 Å². The Hall–Kier alpha value is -2.34. The van der Waals surface area contributed by atoms with E-state index in [-0.39, 0.29) is 11.5 Å². The molecule has 1 N–H and O–H groups in total. The molecule has 0 aliphatic carbocycles. The second kappa shape index (κ2) is 4.40. The van der Waals surface area contributed by atoms with Gasteiger partial charge < -0.3 is 13.9 Å². The van der Waals surface area contributed by atoms with Crippen LogP contribution in [0.25, 0.3) is 22.3 Å². The molecule has 3 rings (SSSR count). The first-order chi connectivity index (χ1) is 9.16. The number of carboxylic acid groups (broad SMARTS) is 1. The van der Waals surface area contributed by atoms with Gasteiger partial charge in [0.15, 0.2) is 11.5 Å². The molecule has 6 heteroatoms. The Morgan fingerprint density at radius 3 is 2.79 bits per heavy atom. The summed E-state index contributed by atoms with van der Waals surface area (Å²) in [7, 11) is 0. The second-order valence-corrected chi connectivity index (χ2v) is 4.86. The molecule has 5 nitrogen and oxygen atoms in total. The van der Waals surface area contributed by atoms with E-state index in [0.717, 1.165) is 10.4 Å². The van der Waals surface area contributed by atoms with Crippen molar-refractivity contribution in [2.75, 3.05) is 0 Å². The van der Waals surface area contributed by atoms with Gasteiger partial charge >= 0.3 is 5.97 Å². The summed E-state index contributed by atoms with van der Waals surface area (Å²) in [6, 6.07) is 5.41. The maximum atomic E-state index is 11.3. The summed E-state index contributed by atoms with van der Waals surface area (Å²) in [6.07, 6.45) is 1.49. The number of nitrogens with zero attached hydrogens (tertiary/aromatic N) is 1. The van der Waals surface area contributed by atoms with Crippen LogP contribution >= 0.6 is 11.3 Å². The summed E-state index contributed by atoms with van der Waals surface area (Å²) in [6.45, 7) is 1.82. The summed E-state index contributed by atoms with van der Waals surface area (Å²) in [5, 5.41) is 11.1. The van der Waals surface area contributed by atoms with Gasteiger partial charge in [-0.05, 0) is 30.0 Å². The Kier molecular flexibility index (Phi) is 2.72. The molecule has 3 aromatic rings. The van der Waals surface area contributed by atoms with Crippen molar-refractivity contribution in [1.29, 1.82) is 0 Å². The van der Waals surface area contributed by atoms with Crippen molar-refractivity contribution in [2.24, 2.45) is 0 Å². The number of hydrogen-bond acceptors (Lipinski definition) is 5. The predicted octanol–water partition coefficient (Wildman–Crippen LogP) is 3.67. The normalized spacial score (nSPS) is 10.8. The number of rotatable bonds is 3. The highest BCUT2D eigenvalue weighted by Gasteiger charge is 2.25. The third kappa shape index (κ3) is 1.96. The van der Waals surface area contributed by atoms with Gasteiger partial charge in [0.05, 0.1) is 11.1 Å². The van der Waals surface area contributed by atoms with Crippen molar-refractivity contribution in [1.82, 2.24) is 4.98 Å². The molecule has 0 saturated carbocycles. The summed E-state index contributed by atoms with van der Waals surface area (Å²) < 4.78 is 10.8. The lowest BCUT2D eigenvalue weighted by atomic mass is 10.2. The van der Waals surface area contributed by atoms with Crippen molar-refractivity contribution in [2.45, 2.75) is 6.92 Å². The molecular weight excluding hydrogens is 266 g/mol. The minimum absolute atomic E-state index is 0.138. The molecule has 0 saturated heterocycles. The Bertz CT molecular complexity index is 724. The molecule has 3 aromatic heterocycles. The molecule has 0 fully saturated rings. The van der Waals surface area contributed by atoms with Crippen LogP contribution in [-0.4, -0.2) is 16.1 Å².